The van der Waals surface area contributed by atoms with E-state index in [4.69, 9.17) is 9.26 Å². The van der Waals surface area contributed by atoms with E-state index in [2.05, 4.69) is 27.7 Å². The summed E-state index contributed by atoms with van der Waals surface area (Å²) in [5, 5.41) is 22.9. The average Bonchev–Trinajstić information content (AvgIpc) is 3.40. The van der Waals surface area contributed by atoms with E-state index in [0.717, 1.165) is 29.6 Å². The molecule has 8 heteroatoms. The van der Waals surface area contributed by atoms with Crippen LogP contribution in [0, 0.1) is 17.2 Å². The van der Waals surface area contributed by atoms with Crippen LogP contribution in [-0.2, 0) is 4.79 Å². The molecule has 1 aliphatic heterocycles. The second-order valence-electron chi connectivity index (χ2n) is 8.92. The number of benzene rings is 1. The quantitative estimate of drug-likeness (QED) is 0.644. The second-order valence-corrected chi connectivity index (χ2v) is 8.92. The number of carboxylic acids is 1. The fraction of sp³-hybridized carbons (Fsp3) is 0.385. The van der Waals surface area contributed by atoms with Crippen molar-refractivity contribution in [1.82, 2.24) is 15.0 Å². The van der Waals surface area contributed by atoms with Crippen molar-refractivity contribution in [3.63, 3.8) is 0 Å². The standard InChI is InChI=1S/C26H28N4O4/c1-5-6-21-20(8-9-22(21)30-13-19(14-30)26(31)32)16(4)24-28-25(34-29-24)17-7-10-23(33-15(2)3)18(11-17)12-27/h5-7,10-11,15,19,22H,1,8-9,13-14H2,2-4H3,(H,31,32)/b20-16+,21-6+/t22-/m1/s1. The first-order valence-corrected chi connectivity index (χ1v) is 11.4. The molecule has 8 nitrogen and oxygen atoms in total. The van der Waals surface area contributed by atoms with E-state index in [0.29, 0.717) is 41.7 Å². The van der Waals surface area contributed by atoms with Gasteiger partial charge < -0.3 is 14.4 Å². The number of aliphatic carboxylic acids is 1. The van der Waals surface area contributed by atoms with E-state index in [1.165, 1.54) is 0 Å². The van der Waals surface area contributed by atoms with Crippen LogP contribution in [0.2, 0.25) is 0 Å². The van der Waals surface area contributed by atoms with Gasteiger partial charge in [0.05, 0.1) is 17.6 Å². The Kier molecular flexibility index (Phi) is 6.66. The summed E-state index contributed by atoms with van der Waals surface area (Å²) in [7, 11) is 0. The first-order valence-electron chi connectivity index (χ1n) is 11.4. The van der Waals surface area contributed by atoms with Crippen molar-refractivity contribution in [2.75, 3.05) is 13.1 Å². The van der Waals surface area contributed by atoms with Crippen molar-refractivity contribution >= 4 is 11.5 Å². The molecule has 2 heterocycles. The zero-order valence-corrected chi connectivity index (χ0v) is 19.6. The van der Waals surface area contributed by atoms with Gasteiger partial charge in [-0.05, 0) is 63.0 Å². The van der Waals surface area contributed by atoms with Crippen molar-refractivity contribution in [1.29, 1.82) is 5.26 Å². The summed E-state index contributed by atoms with van der Waals surface area (Å²) >= 11 is 0. The third-order valence-electron chi connectivity index (χ3n) is 6.30. The monoisotopic (exact) mass is 460 g/mol. The number of carbonyl (C=O) groups is 1. The van der Waals surface area contributed by atoms with Crippen LogP contribution in [0.4, 0.5) is 0 Å². The van der Waals surface area contributed by atoms with Crippen LogP contribution < -0.4 is 4.74 Å². The van der Waals surface area contributed by atoms with E-state index in [1.807, 2.05) is 26.8 Å². The Morgan fingerprint density at radius 3 is 2.82 bits per heavy atom. The van der Waals surface area contributed by atoms with E-state index < -0.39 is 5.97 Å². The number of aromatic nitrogens is 2. The summed E-state index contributed by atoms with van der Waals surface area (Å²) in [4.78, 5) is 18.0. The highest BCUT2D eigenvalue weighted by Crippen LogP contribution is 2.41. The van der Waals surface area contributed by atoms with E-state index in [1.54, 1.807) is 24.3 Å². The number of ether oxygens (including phenoxy) is 1. The number of hydrogen-bond donors (Lipinski definition) is 1. The van der Waals surface area contributed by atoms with Gasteiger partial charge in [-0.1, -0.05) is 23.9 Å². The molecule has 1 aliphatic carbocycles. The third-order valence-corrected chi connectivity index (χ3v) is 6.30. The first kappa shape index (κ1) is 23.5. The minimum Gasteiger partial charge on any atom is -0.490 e. The number of allylic oxidation sites excluding steroid dienone is 3. The van der Waals surface area contributed by atoms with Crippen molar-refractivity contribution < 1.29 is 19.2 Å². The summed E-state index contributed by atoms with van der Waals surface area (Å²) in [6.07, 6.45) is 5.47. The topological polar surface area (TPSA) is 112 Å². The van der Waals surface area contributed by atoms with E-state index >= 15 is 0 Å². The maximum absolute atomic E-state index is 11.2. The van der Waals surface area contributed by atoms with E-state index in [9.17, 15) is 15.2 Å². The zero-order chi connectivity index (χ0) is 24.4. The number of hydrogen-bond acceptors (Lipinski definition) is 7. The van der Waals surface area contributed by atoms with Gasteiger partial charge >= 0.3 is 5.97 Å². The zero-order valence-electron chi connectivity index (χ0n) is 19.6. The average molecular weight is 461 g/mol. The molecular formula is C26H28N4O4. The number of nitriles is 1. The maximum Gasteiger partial charge on any atom is 0.309 e. The fourth-order valence-electron chi connectivity index (χ4n) is 4.56. The van der Waals surface area contributed by atoms with Crippen LogP contribution in [0.5, 0.6) is 5.75 Å². The van der Waals surface area contributed by atoms with Crippen molar-refractivity contribution in [2.24, 2.45) is 5.92 Å². The van der Waals surface area contributed by atoms with Crippen LogP contribution in [0.15, 0.2) is 52.6 Å². The summed E-state index contributed by atoms with van der Waals surface area (Å²) in [6.45, 7) is 10.8. The Balaban J connectivity index is 1.59. The number of nitrogens with zero attached hydrogens (tertiary/aromatic N) is 4. The maximum atomic E-state index is 11.2. The largest absolute Gasteiger partial charge is 0.490 e. The Hall–Kier alpha value is -3.70. The predicted octanol–water partition coefficient (Wildman–Crippen LogP) is 4.46. The highest BCUT2D eigenvalue weighted by atomic mass is 16.5. The molecule has 2 aliphatic rings. The molecule has 1 N–H and O–H groups in total. The molecule has 1 atom stereocenters. The molecule has 2 fully saturated rings. The van der Waals surface area contributed by atoms with Crippen molar-refractivity contribution in [3.8, 4) is 23.3 Å². The highest BCUT2D eigenvalue weighted by Gasteiger charge is 2.41. The minimum absolute atomic E-state index is 0.0402. The molecule has 2 aromatic rings. The molecule has 176 valence electrons. The SMILES string of the molecule is C=C/C=C1\C(=C(/C)c2noc(-c3ccc(OC(C)C)c(C#N)c3)n2)CC[C@H]1N1CC(C(=O)O)C1. The second kappa shape index (κ2) is 9.65. The van der Waals surface area contributed by atoms with Crippen LogP contribution in [-0.4, -0.2) is 51.4 Å². The van der Waals surface area contributed by atoms with Gasteiger partial charge in [-0.3, -0.25) is 9.69 Å². The summed E-state index contributed by atoms with van der Waals surface area (Å²) in [6, 6.07) is 7.56. The van der Waals surface area contributed by atoms with Crippen LogP contribution in [0.3, 0.4) is 0 Å². The van der Waals surface area contributed by atoms with Gasteiger partial charge in [-0.15, -0.1) is 0 Å². The molecule has 0 radical (unpaired) electrons. The van der Waals surface area contributed by atoms with Gasteiger partial charge in [0, 0.05) is 30.3 Å². The van der Waals surface area contributed by atoms with Gasteiger partial charge in [-0.2, -0.15) is 10.2 Å². The summed E-state index contributed by atoms with van der Waals surface area (Å²) in [5.74, 6) is 0.311. The lowest BCUT2D eigenvalue weighted by Crippen LogP contribution is -2.54. The molecular weight excluding hydrogens is 432 g/mol. The lowest BCUT2D eigenvalue weighted by Gasteiger charge is -2.41. The Morgan fingerprint density at radius 2 is 2.18 bits per heavy atom. The Morgan fingerprint density at radius 1 is 1.41 bits per heavy atom. The van der Waals surface area contributed by atoms with Gasteiger partial charge in [-0.25, -0.2) is 0 Å². The lowest BCUT2D eigenvalue weighted by atomic mass is 9.94. The smallest absolute Gasteiger partial charge is 0.309 e. The molecule has 1 aromatic carbocycles. The van der Waals surface area contributed by atoms with Gasteiger partial charge in [0.25, 0.3) is 5.89 Å². The minimum atomic E-state index is -0.738. The molecule has 4 rings (SSSR count). The Labute approximate surface area is 198 Å². The third kappa shape index (κ3) is 4.52. The number of rotatable bonds is 7. The van der Waals surface area contributed by atoms with Crippen molar-refractivity contribution in [3.05, 3.63) is 59.5 Å². The molecule has 1 saturated heterocycles. The highest BCUT2D eigenvalue weighted by molar-refractivity contribution is 5.72. The van der Waals surface area contributed by atoms with E-state index in [-0.39, 0.29) is 18.1 Å². The summed E-state index contributed by atoms with van der Waals surface area (Å²) in [5.41, 5.74) is 4.24. The van der Waals surface area contributed by atoms with Crippen LogP contribution >= 0.6 is 0 Å². The van der Waals surface area contributed by atoms with Crippen molar-refractivity contribution in [2.45, 2.75) is 45.8 Å². The summed E-state index contributed by atoms with van der Waals surface area (Å²) < 4.78 is 11.2. The van der Waals surface area contributed by atoms with Crippen LogP contribution in [0.1, 0.15) is 45.0 Å². The van der Waals surface area contributed by atoms with Gasteiger partial charge in [0.15, 0.2) is 5.82 Å². The molecule has 1 saturated carbocycles. The number of likely N-dealkylation sites (tertiary alicyclic amines) is 1. The molecule has 0 unspecified atom stereocenters. The molecule has 0 bridgehead atoms. The Bertz CT molecular complexity index is 1210. The molecule has 0 amide bonds. The van der Waals surface area contributed by atoms with Gasteiger partial charge in [0.1, 0.15) is 11.8 Å². The lowest BCUT2D eigenvalue weighted by molar-refractivity contribution is -0.148. The predicted molar refractivity (Wildman–Crippen MR) is 127 cm³/mol. The fourth-order valence-corrected chi connectivity index (χ4v) is 4.56. The van der Waals surface area contributed by atoms with Gasteiger partial charge in [0.2, 0.25) is 0 Å². The molecule has 0 spiro atoms. The van der Waals surface area contributed by atoms with Crippen LogP contribution in [0.25, 0.3) is 17.0 Å². The normalized spacial score (nSPS) is 21.4. The first-order chi connectivity index (χ1) is 16.3. The number of carboxylic acid groups (broad SMARTS) is 1. The molecule has 34 heavy (non-hydrogen) atoms. The molecule has 1 aromatic heterocycles.